The summed E-state index contributed by atoms with van der Waals surface area (Å²) in [6, 6.07) is 4.05. The second-order valence-electron chi connectivity index (χ2n) is 5.95. The molecule has 0 radical (unpaired) electrons. The smallest absolute Gasteiger partial charge is 0.196 e. The molecule has 2 aromatic rings. The number of ketones is 1. The Balaban J connectivity index is 2.11. The van der Waals surface area contributed by atoms with Gasteiger partial charge in [0.05, 0.1) is 10.6 Å². The first-order chi connectivity index (χ1) is 10.5. The van der Waals surface area contributed by atoms with Gasteiger partial charge in [-0.1, -0.05) is 0 Å². The maximum Gasteiger partial charge on any atom is 0.196 e. The summed E-state index contributed by atoms with van der Waals surface area (Å²) in [5.74, 6) is 0.148. The number of hydrogen-bond donors (Lipinski definition) is 2. The highest BCUT2D eigenvalue weighted by molar-refractivity contribution is 7.16. The number of carbonyl (C=O) groups is 1. The number of anilines is 1. The molecule has 1 aliphatic heterocycles. The molecule has 116 valence electrons. The number of benzene rings is 1. The van der Waals surface area contributed by atoms with Crippen molar-refractivity contribution in [2.24, 2.45) is 0 Å². The second-order valence-corrected chi connectivity index (χ2v) is 7.05. The van der Waals surface area contributed by atoms with Gasteiger partial charge < -0.3 is 10.6 Å². The van der Waals surface area contributed by atoms with Crippen LogP contribution in [0.3, 0.4) is 0 Å². The number of hydrogen-bond acceptors (Lipinski definition) is 4. The third-order valence-corrected chi connectivity index (χ3v) is 5.82. The van der Waals surface area contributed by atoms with E-state index in [1.54, 1.807) is 11.3 Å². The minimum atomic E-state index is 0.148. The van der Waals surface area contributed by atoms with Crippen LogP contribution in [0, 0.1) is 20.8 Å². The highest BCUT2D eigenvalue weighted by atomic mass is 32.1. The highest BCUT2D eigenvalue weighted by Crippen LogP contribution is 2.36. The SMILES string of the molecule is CNc1sc2c(c1C(=O)c1cc(C)c(C)c(C)c1)CCNC2. The van der Waals surface area contributed by atoms with Crippen molar-refractivity contribution in [2.75, 3.05) is 18.9 Å². The summed E-state index contributed by atoms with van der Waals surface area (Å²) in [5, 5.41) is 7.59. The van der Waals surface area contributed by atoms with E-state index < -0.39 is 0 Å². The summed E-state index contributed by atoms with van der Waals surface area (Å²) in [5.41, 5.74) is 6.54. The molecule has 22 heavy (non-hydrogen) atoms. The summed E-state index contributed by atoms with van der Waals surface area (Å²) in [6.45, 7) is 8.07. The fraction of sp³-hybridized carbons (Fsp3) is 0.389. The van der Waals surface area contributed by atoms with Gasteiger partial charge in [0.15, 0.2) is 5.78 Å². The molecule has 3 rings (SSSR count). The monoisotopic (exact) mass is 314 g/mol. The highest BCUT2D eigenvalue weighted by Gasteiger charge is 2.25. The van der Waals surface area contributed by atoms with Gasteiger partial charge in [0.25, 0.3) is 0 Å². The van der Waals surface area contributed by atoms with E-state index in [-0.39, 0.29) is 5.78 Å². The van der Waals surface area contributed by atoms with Gasteiger partial charge >= 0.3 is 0 Å². The van der Waals surface area contributed by atoms with Crippen molar-refractivity contribution in [1.29, 1.82) is 0 Å². The first kappa shape index (κ1) is 15.3. The van der Waals surface area contributed by atoms with Crippen LogP contribution in [0.2, 0.25) is 0 Å². The van der Waals surface area contributed by atoms with Crippen molar-refractivity contribution < 1.29 is 4.79 Å². The van der Waals surface area contributed by atoms with E-state index in [0.29, 0.717) is 0 Å². The summed E-state index contributed by atoms with van der Waals surface area (Å²) in [6.07, 6.45) is 0.929. The van der Waals surface area contributed by atoms with Gasteiger partial charge in [0.2, 0.25) is 0 Å². The van der Waals surface area contributed by atoms with E-state index in [9.17, 15) is 4.79 Å². The van der Waals surface area contributed by atoms with Crippen molar-refractivity contribution in [1.82, 2.24) is 5.32 Å². The minimum Gasteiger partial charge on any atom is -0.379 e. The van der Waals surface area contributed by atoms with Crippen molar-refractivity contribution in [3.05, 3.63) is 50.4 Å². The maximum absolute atomic E-state index is 13.1. The van der Waals surface area contributed by atoms with Crippen molar-refractivity contribution in [2.45, 2.75) is 33.7 Å². The van der Waals surface area contributed by atoms with Gasteiger partial charge in [0, 0.05) is 24.0 Å². The molecule has 1 aromatic carbocycles. The quantitative estimate of drug-likeness (QED) is 0.851. The molecular weight excluding hydrogens is 292 g/mol. The standard InChI is InChI=1S/C18H22N2OS/c1-10-7-13(8-11(2)12(10)3)17(21)16-14-5-6-20-9-15(14)22-18(16)19-4/h7-8,19-20H,5-6,9H2,1-4H3. The molecule has 0 amide bonds. The molecule has 0 fully saturated rings. The van der Waals surface area contributed by atoms with Gasteiger partial charge in [-0.05, 0) is 68.1 Å². The Labute approximate surface area is 135 Å². The van der Waals surface area contributed by atoms with E-state index in [1.807, 2.05) is 19.2 Å². The van der Waals surface area contributed by atoms with Crippen LogP contribution in [-0.2, 0) is 13.0 Å². The van der Waals surface area contributed by atoms with Gasteiger partial charge in [-0.2, -0.15) is 0 Å². The summed E-state index contributed by atoms with van der Waals surface area (Å²) in [4.78, 5) is 14.4. The predicted molar refractivity (Wildman–Crippen MR) is 93.4 cm³/mol. The zero-order valence-electron chi connectivity index (χ0n) is 13.6. The summed E-state index contributed by atoms with van der Waals surface area (Å²) >= 11 is 1.70. The van der Waals surface area contributed by atoms with E-state index >= 15 is 0 Å². The zero-order valence-corrected chi connectivity index (χ0v) is 14.4. The van der Waals surface area contributed by atoms with Gasteiger partial charge in [-0.3, -0.25) is 4.79 Å². The molecule has 1 aliphatic rings. The van der Waals surface area contributed by atoms with Crippen LogP contribution < -0.4 is 10.6 Å². The molecule has 0 atom stereocenters. The van der Waals surface area contributed by atoms with Crippen LogP contribution in [-0.4, -0.2) is 19.4 Å². The van der Waals surface area contributed by atoms with E-state index in [0.717, 1.165) is 35.6 Å². The summed E-state index contributed by atoms with van der Waals surface area (Å²) < 4.78 is 0. The Kier molecular flexibility index (Phi) is 4.06. The average Bonchev–Trinajstić information content (AvgIpc) is 2.89. The number of thiophene rings is 1. The predicted octanol–water partition coefficient (Wildman–Crippen LogP) is 3.59. The lowest BCUT2D eigenvalue weighted by molar-refractivity contribution is 0.103. The van der Waals surface area contributed by atoms with Crippen LogP contribution in [0.4, 0.5) is 5.00 Å². The Hall–Kier alpha value is -1.65. The van der Waals surface area contributed by atoms with E-state index in [2.05, 4.69) is 31.4 Å². The zero-order chi connectivity index (χ0) is 15.9. The fourth-order valence-electron chi connectivity index (χ4n) is 3.06. The first-order valence-electron chi connectivity index (χ1n) is 7.68. The number of rotatable bonds is 3. The van der Waals surface area contributed by atoms with Crippen molar-refractivity contribution >= 4 is 22.1 Å². The van der Waals surface area contributed by atoms with Gasteiger partial charge in [-0.25, -0.2) is 0 Å². The van der Waals surface area contributed by atoms with Crippen LogP contribution >= 0.6 is 11.3 Å². The molecule has 4 heteroatoms. The van der Waals surface area contributed by atoms with Gasteiger partial charge in [0.1, 0.15) is 0 Å². The number of carbonyl (C=O) groups excluding carboxylic acids is 1. The van der Waals surface area contributed by atoms with Crippen LogP contribution in [0.25, 0.3) is 0 Å². The molecule has 0 unspecified atom stereocenters. The Morgan fingerprint density at radius 3 is 2.55 bits per heavy atom. The Morgan fingerprint density at radius 1 is 1.23 bits per heavy atom. The number of nitrogens with one attached hydrogen (secondary N) is 2. The number of fused-ring (bicyclic) bond motifs is 1. The van der Waals surface area contributed by atoms with Gasteiger partial charge in [-0.15, -0.1) is 11.3 Å². The largest absolute Gasteiger partial charge is 0.379 e. The third kappa shape index (κ3) is 2.46. The fourth-order valence-corrected chi connectivity index (χ4v) is 4.23. The molecular formula is C18H22N2OS. The molecule has 0 spiro atoms. The maximum atomic E-state index is 13.1. The van der Waals surface area contributed by atoms with Crippen molar-refractivity contribution in [3.8, 4) is 0 Å². The summed E-state index contributed by atoms with van der Waals surface area (Å²) in [7, 11) is 1.90. The molecule has 1 aromatic heterocycles. The van der Waals surface area contributed by atoms with E-state index in [4.69, 9.17) is 0 Å². The Bertz CT molecular complexity index is 723. The lowest BCUT2D eigenvalue weighted by Crippen LogP contribution is -2.23. The topological polar surface area (TPSA) is 41.1 Å². The average molecular weight is 314 g/mol. The van der Waals surface area contributed by atoms with E-state index in [1.165, 1.54) is 27.1 Å². The van der Waals surface area contributed by atoms with Crippen LogP contribution in [0.1, 0.15) is 43.1 Å². The molecule has 2 N–H and O–H groups in total. The molecule has 0 saturated heterocycles. The normalized spacial score (nSPS) is 13.8. The van der Waals surface area contributed by atoms with Crippen molar-refractivity contribution in [3.63, 3.8) is 0 Å². The molecule has 0 saturated carbocycles. The molecule has 0 aliphatic carbocycles. The molecule has 3 nitrogen and oxygen atoms in total. The van der Waals surface area contributed by atoms with Crippen LogP contribution in [0.5, 0.6) is 0 Å². The first-order valence-corrected chi connectivity index (χ1v) is 8.50. The van der Waals surface area contributed by atoms with Crippen LogP contribution in [0.15, 0.2) is 12.1 Å². The lowest BCUT2D eigenvalue weighted by atomic mass is 9.93. The Morgan fingerprint density at radius 2 is 1.91 bits per heavy atom. The number of aryl methyl sites for hydroxylation is 2. The molecule has 2 heterocycles. The third-order valence-electron chi connectivity index (χ3n) is 4.57. The second kappa shape index (κ2) is 5.86. The minimum absolute atomic E-state index is 0.148. The lowest BCUT2D eigenvalue weighted by Gasteiger charge is -2.15. The molecule has 0 bridgehead atoms.